The summed E-state index contributed by atoms with van der Waals surface area (Å²) >= 11 is 11.6. The van der Waals surface area contributed by atoms with E-state index in [4.69, 9.17) is 34.0 Å². The maximum atomic E-state index is 11.1. The first-order valence-corrected chi connectivity index (χ1v) is 5.04. The molecule has 0 unspecified atom stereocenters. The lowest BCUT2D eigenvalue weighted by atomic mass is 9.94. The fourth-order valence-electron chi connectivity index (χ4n) is 1.24. The van der Waals surface area contributed by atoms with Crippen LogP contribution in [0, 0.1) is 0 Å². The summed E-state index contributed by atoms with van der Waals surface area (Å²) in [6, 6.07) is 4.05. The summed E-state index contributed by atoms with van der Waals surface area (Å²) in [6.07, 6.45) is 0. The molecule has 86 valence electrons. The van der Waals surface area contributed by atoms with Crippen LogP contribution in [-0.2, 0) is 9.67 Å². The summed E-state index contributed by atoms with van der Waals surface area (Å²) in [5.41, 5.74) is 5.10. The molecule has 1 rings (SSSR count). The number of benzene rings is 1. The molecular formula is C10H9Cl2NO3. The molecule has 0 aliphatic rings. The molecule has 0 aromatic heterocycles. The highest BCUT2D eigenvalue weighted by atomic mass is 35.5. The Hall–Kier alpha value is -1.26. The van der Waals surface area contributed by atoms with Crippen LogP contribution in [-0.4, -0.2) is 17.0 Å². The lowest BCUT2D eigenvalue weighted by molar-refractivity contribution is -0.120. The van der Waals surface area contributed by atoms with Crippen LogP contribution in [0.2, 0.25) is 5.02 Å². The van der Waals surface area contributed by atoms with E-state index in [0.717, 1.165) is 0 Å². The molecule has 16 heavy (non-hydrogen) atoms. The Morgan fingerprint density at radius 1 is 1.44 bits per heavy atom. The van der Waals surface area contributed by atoms with Gasteiger partial charge in [0.05, 0.1) is 5.56 Å². The van der Waals surface area contributed by atoms with E-state index in [2.05, 4.69) is 0 Å². The van der Waals surface area contributed by atoms with Gasteiger partial charge < -0.3 is 10.8 Å². The van der Waals surface area contributed by atoms with Gasteiger partial charge in [-0.15, -0.1) is 11.6 Å². The van der Waals surface area contributed by atoms with E-state index >= 15 is 0 Å². The van der Waals surface area contributed by atoms with Gasteiger partial charge in [-0.1, -0.05) is 17.7 Å². The van der Waals surface area contributed by atoms with Gasteiger partial charge in [0.2, 0.25) is 5.91 Å². The lowest BCUT2D eigenvalue weighted by Crippen LogP contribution is -2.34. The highest BCUT2D eigenvalue weighted by Gasteiger charge is 2.34. The van der Waals surface area contributed by atoms with Crippen molar-refractivity contribution in [1.82, 2.24) is 0 Å². The van der Waals surface area contributed by atoms with Crippen molar-refractivity contribution < 1.29 is 14.7 Å². The predicted octanol–water partition coefficient (Wildman–Crippen LogP) is 1.98. The van der Waals surface area contributed by atoms with Gasteiger partial charge in [0.1, 0.15) is 4.87 Å². The van der Waals surface area contributed by atoms with Crippen molar-refractivity contribution in [3.63, 3.8) is 0 Å². The average molecular weight is 262 g/mol. The van der Waals surface area contributed by atoms with Crippen molar-refractivity contribution in [1.29, 1.82) is 0 Å². The van der Waals surface area contributed by atoms with Crippen LogP contribution in [0.4, 0.5) is 0 Å². The second-order valence-corrected chi connectivity index (χ2v) is 4.55. The number of carbonyl (C=O) groups is 2. The molecule has 4 nitrogen and oxygen atoms in total. The summed E-state index contributed by atoms with van der Waals surface area (Å²) in [6.45, 7) is 1.34. The van der Waals surface area contributed by atoms with Crippen molar-refractivity contribution in [2.45, 2.75) is 11.8 Å². The van der Waals surface area contributed by atoms with Crippen LogP contribution in [0.25, 0.3) is 0 Å². The maximum Gasteiger partial charge on any atom is 0.336 e. The lowest BCUT2D eigenvalue weighted by Gasteiger charge is -2.20. The van der Waals surface area contributed by atoms with Crippen LogP contribution >= 0.6 is 23.2 Å². The highest BCUT2D eigenvalue weighted by molar-refractivity contribution is 6.35. The Bertz CT molecular complexity index is 457. The minimum absolute atomic E-state index is 0.124. The monoisotopic (exact) mass is 261 g/mol. The number of aromatic carboxylic acids is 1. The van der Waals surface area contributed by atoms with Crippen molar-refractivity contribution in [3.05, 3.63) is 34.3 Å². The number of carbonyl (C=O) groups excluding carboxylic acids is 1. The molecule has 6 heteroatoms. The Morgan fingerprint density at radius 2 is 2.00 bits per heavy atom. The fraction of sp³-hybridized carbons (Fsp3) is 0.200. The Labute approximate surface area is 102 Å². The normalized spacial score (nSPS) is 14.2. The topological polar surface area (TPSA) is 80.4 Å². The first kappa shape index (κ1) is 12.8. The van der Waals surface area contributed by atoms with Gasteiger partial charge in [-0.25, -0.2) is 4.79 Å². The zero-order chi connectivity index (χ0) is 12.5. The Balaban J connectivity index is 3.45. The van der Waals surface area contributed by atoms with E-state index in [0.29, 0.717) is 0 Å². The van der Waals surface area contributed by atoms with E-state index < -0.39 is 16.8 Å². The summed E-state index contributed by atoms with van der Waals surface area (Å²) in [4.78, 5) is 20.5. The van der Waals surface area contributed by atoms with Gasteiger partial charge >= 0.3 is 5.97 Å². The van der Waals surface area contributed by atoms with Crippen LogP contribution in [0.15, 0.2) is 18.2 Å². The molecule has 0 radical (unpaired) electrons. The largest absolute Gasteiger partial charge is 0.478 e. The second kappa shape index (κ2) is 4.31. The molecule has 0 aliphatic heterocycles. The minimum Gasteiger partial charge on any atom is -0.478 e. The molecule has 0 aliphatic carbocycles. The zero-order valence-corrected chi connectivity index (χ0v) is 9.84. The third-order valence-electron chi connectivity index (χ3n) is 2.18. The molecule has 1 atom stereocenters. The number of rotatable bonds is 3. The van der Waals surface area contributed by atoms with Crippen molar-refractivity contribution in [2.75, 3.05) is 0 Å². The number of carboxylic acids is 1. The van der Waals surface area contributed by atoms with Gasteiger partial charge in [-0.2, -0.15) is 0 Å². The number of primary amides is 1. The van der Waals surface area contributed by atoms with Crippen molar-refractivity contribution >= 4 is 35.1 Å². The SMILES string of the molecule is C[C@](Cl)(C(N)=O)c1ccc(Cl)cc1C(=O)O. The number of hydrogen-bond acceptors (Lipinski definition) is 2. The molecular weight excluding hydrogens is 253 g/mol. The summed E-state index contributed by atoms with van der Waals surface area (Å²) in [7, 11) is 0. The van der Waals surface area contributed by atoms with Crippen LogP contribution in [0.1, 0.15) is 22.8 Å². The van der Waals surface area contributed by atoms with E-state index in [9.17, 15) is 9.59 Å². The molecule has 0 bridgehead atoms. The number of amides is 1. The molecule has 0 spiro atoms. The van der Waals surface area contributed by atoms with Crippen molar-refractivity contribution in [2.24, 2.45) is 5.73 Å². The van der Waals surface area contributed by atoms with Gasteiger partial charge in [0.25, 0.3) is 0 Å². The van der Waals surface area contributed by atoms with E-state index in [1.807, 2.05) is 0 Å². The maximum absolute atomic E-state index is 11.1. The van der Waals surface area contributed by atoms with Crippen LogP contribution < -0.4 is 5.73 Å². The van der Waals surface area contributed by atoms with Gasteiger partial charge in [0.15, 0.2) is 0 Å². The van der Waals surface area contributed by atoms with Gasteiger partial charge in [0, 0.05) is 5.02 Å². The number of halogens is 2. The molecule has 0 saturated carbocycles. The Morgan fingerprint density at radius 3 is 2.44 bits per heavy atom. The molecule has 1 aromatic carbocycles. The molecule has 1 amide bonds. The van der Waals surface area contributed by atoms with Crippen LogP contribution in [0.3, 0.4) is 0 Å². The molecule has 0 heterocycles. The predicted molar refractivity (Wildman–Crippen MR) is 60.8 cm³/mol. The Kier molecular flexibility index (Phi) is 3.45. The highest BCUT2D eigenvalue weighted by Crippen LogP contribution is 2.32. The van der Waals surface area contributed by atoms with E-state index in [1.165, 1.54) is 25.1 Å². The third kappa shape index (κ3) is 2.28. The molecule has 0 fully saturated rings. The quantitative estimate of drug-likeness (QED) is 0.817. The van der Waals surface area contributed by atoms with Gasteiger partial charge in [-0.3, -0.25) is 4.79 Å². The smallest absolute Gasteiger partial charge is 0.336 e. The van der Waals surface area contributed by atoms with E-state index in [-0.39, 0.29) is 16.1 Å². The number of carboxylic acid groups (broad SMARTS) is 1. The van der Waals surface area contributed by atoms with Crippen molar-refractivity contribution in [3.8, 4) is 0 Å². The molecule has 3 N–H and O–H groups in total. The number of nitrogens with two attached hydrogens (primary N) is 1. The summed E-state index contributed by atoms with van der Waals surface area (Å²) < 4.78 is 0. The fourth-order valence-corrected chi connectivity index (χ4v) is 1.57. The summed E-state index contributed by atoms with van der Waals surface area (Å²) in [5, 5.41) is 9.21. The van der Waals surface area contributed by atoms with Gasteiger partial charge in [-0.05, 0) is 24.6 Å². The first-order valence-electron chi connectivity index (χ1n) is 4.29. The summed E-state index contributed by atoms with van der Waals surface area (Å²) in [5.74, 6) is -2.04. The minimum atomic E-state index is -1.57. The molecule has 1 aromatic rings. The standard InChI is InChI=1S/C10H9Cl2NO3/c1-10(12,9(13)16)7-3-2-5(11)4-6(7)8(14)15/h2-4H,1H3,(H2,13,16)(H,14,15)/t10-/m1/s1. The average Bonchev–Trinajstić information content (AvgIpc) is 2.16. The van der Waals surface area contributed by atoms with E-state index in [1.54, 1.807) is 0 Å². The second-order valence-electron chi connectivity index (χ2n) is 3.36. The first-order chi connectivity index (χ1) is 7.26. The van der Waals surface area contributed by atoms with Crippen LogP contribution in [0.5, 0.6) is 0 Å². The number of hydrogen-bond donors (Lipinski definition) is 2. The zero-order valence-electron chi connectivity index (χ0n) is 8.33. The third-order valence-corrected chi connectivity index (χ3v) is 2.81. The molecule has 0 saturated heterocycles. The number of alkyl halides is 1.